The van der Waals surface area contributed by atoms with Crippen LogP contribution in [0.4, 0.5) is 8.78 Å². The summed E-state index contributed by atoms with van der Waals surface area (Å²) in [7, 11) is 0. The van der Waals surface area contributed by atoms with E-state index in [4.69, 9.17) is 4.52 Å². The second kappa shape index (κ2) is 4.45. The summed E-state index contributed by atoms with van der Waals surface area (Å²) >= 11 is 0. The quantitative estimate of drug-likeness (QED) is 0.905. The predicted octanol–water partition coefficient (Wildman–Crippen LogP) is 2.27. The molecule has 6 heteroatoms. The van der Waals surface area contributed by atoms with Crippen LogP contribution in [0.25, 0.3) is 11.5 Å². The number of nitrogens with zero attached hydrogens (tertiary/aromatic N) is 2. The molecule has 1 saturated carbocycles. The van der Waals surface area contributed by atoms with Crippen LogP contribution in [0.2, 0.25) is 0 Å². The molecule has 0 atom stereocenters. The van der Waals surface area contributed by atoms with Gasteiger partial charge in [-0.3, -0.25) is 0 Å². The van der Waals surface area contributed by atoms with Crippen molar-refractivity contribution in [3.63, 3.8) is 0 Å². The molecule has 1 fully saturated rings. The van der Waals surface area contributed by atoms with Gasteiger partial charge in [0.2, 0.25) is 0 Å². The predicted molar refractivity (Wildman–Crippen MR) is 59.5 cm³/mol. The maximum absolute atomic E-state index is 13.1. The lowest BCUT2D eigenvalue weighted by Gasteiger charge is -1.96. The van der Waals surface area contributed by atoms with Crippen molar-refractivity contribution < 1.29 is 13.3 Å². The number of halogens is 2. The second-order valence-corrected chi connectivity index (χ2v) is 4.30. The minimum Gasteiger partial charge on any atom is -0.334 e. The topological polar surface area (TPSA) is 51.0 Å². The fourth-order valence-corrected chi connectivity index (χ4v) is 1.60. The molecule has 0 saturated heterocycles. The highest BCUT2D eigenvalue weighted by Crippen LogP contribution is 2.21. The third-order valence-electron chi connectivity index (χ3n) is 2.76. The maximum Gasteiger partial charge on any atom is 0.258 e. The molecule has 0 spiro atoms. The molecule has 1 N–H and O–H groups in total. The van der Waals surface area contributed by atoms with Gasteiger partial charge in [-0.1, -0.05) is 5.16 Å². The van der Waals surface area contributed by atoms with E-state index in [1.165, 1.54) is 18.9 Å². The molecule has 1 aliphatic carbocycles. The Kier molecular flexibility index (Phi) is 2.79. The smallest absolute Gasteiger partial charge is 0.258 e. The third-order valence-corrected chi connectivity index (χ3v) is 2.76. The molecule has 0 unspecified atom stereocenters. The van der Waals surface area contributed by atoms with Gasteiger partial charge < -0.3 is 9.84 Å². The largest absolute Gasteiger partial charge is 0.334 e. The molecule has 94 valence electrons. The molecule has 1 aliphatic rings. The van der Waals surface area contributed by atoms with Gasteiger partial charge in [0.1, 0.15) is 0 Å². The van der Waals surface area contributed by atoms with Crippen LogP contribution in [-0.4, -0.2) is 16.2 Å². The first-order valence-corrected chi connectivity index (χ1v) is 5.74. The standard InChI is InChI=1S/C12H11F2N3O/c13-9-4-1-7(5-10(9)14)12-16-11(17-18-12)6-15-8-2-3-8/h1,4-5,8,15H,2-3,6H2. The number of rotatable bonds is 4. The zero-order valence-electron chi connectivity index (χ0n) is 9.49. The van der Waals surface area contributed by atoms with Gasteiger partial charge in [-0.2, -0.15) is 4.98 Å². The SMILES string of the molecule is Fc1ccc(-c2nc(CNC3CC3)no2)cc1F. The maximum atomic E-state index is 13.1. The van der Waals surface area contributed by atoms with Gasteiger partial charge in [-0.05, 0) is 31.0 Å². The summed E-state index contributed by atoms with van der Waals surface area (Å²) in [5, 5.41) is 7.02. The lowest BCUT2D eigenvalue weighted by atomic mass is 10.2. The van der Waals surface area contributed by atoms with Crippen LogP contribution >= 0.6 is 0 Å². The Morgan fingerprint density at radius 1 is 1.28 bits per heavy atom. The molecular weight excluding hydrogens is 240 g/mol. The van der Waals surface area contributed by atoms with E-state index in [-0.39, 0.29) is 5.89 Å². The molecule has 0 aliphatic heterocycles. The fraction of sp³-hybridized carbons (Fsp3) is 0.333. The Bertz CT molecular complexity index is 566. The van der Waals surface area contributed by atoms with Crippen LogP contribution in [0.15, 0.2) is 22.7 Å². The first-order chi connectivity index (χ1) is 8.72. The first kappa shape index (κ1) is 11.3. The summed E-state index contributed by atoms with van der Waals surface area (Å²) in [5.74, 6) is -1.11. The van der Waals surface area contributed by atoms with E-state index in [1.807, 2.05) is 0 Å². The summed E-state index contributed by atoms with van der Waals surface area (Å²) < 4.78 is 30.8. The van der Waals surface area contributed by atoms with Crippen LogP contribution in [0.1, 0.15) is 18.7 Å². The summed E-state index contributed by atoms with van der Waals surface area (Å²) in [6, 6.07) is 4.04. The minimum atomic E-state index is -0.927. The summed E-state index contributed by atoms with van der Waals surface area (Å²) in [6.45, 7) is 0.526. The Labute approximate surface area is 102 Å². The lowest BCUT2D eigenvalue weighted by molar-refractivity contribution is 0.418. The monoisotopic (exact) mass is 251 g/mol. The van der Waals surface area contributed by atoms with Crippen molar-refractivity contribution in [2.45, 2.75) is 25.4 Å². The molecule has 0 amide bonds. The summed E-state index contributed by atoms with van der Waals surface area (Å²) in [5.41, 5.74) is 0.374. The zero-order valence-corrected chi connectivity index (χ0v) is 9.49. The highest BCUT2D eigenvalue weighted by atomic mass is 19.2. The number of hydrogen-bond donors (Lipinski definition) is 1. The Morgan fingerprint density at radius 2 is 2.11 bits per heavy atom. The number of hydrogen-bond acceptors (Lipinski definition) is 4. The van der Waals surface area contributed by atoms with Crippen molar-refractivity contribution in [2.75, 3.05) is 0 Å². The Morgan fingerprint density at radius 3 is 2.83 bits per heavy atom. The molecule has 1 aromatic heterocycles. The van der Waals surface area contributed by atoms with E-state index in [1.54, 1.807) is 0 Å². The van der Waals surface area contributed by atoms with Gasteiger partial charge >= 0.3 is 0 Å². The number of nitrogens with one attached hydrogen (secondary N) is 1. The lowest BCUT2D eigenvalue weighted by Crippen LogP contribution is -2.16. The summed E-state index contributed by atoms with van der Waals surface area (Å²) in [6.07, 6.45) is 2.35. The zero-order chi connectivity index (χ0) is 12.5. The van der Waals surface area contributed by atoms with E-state index in [9.17, 15) is 8.78 Å². The number of aromatic nitrogens is 2. The van der Waals surface area contributed by atoms with Crippen molar-refractivity contribution in [3.8, 4) is 11.5 Å². The van der Waals surface area contributed by atoms with Crippen molar-refractivity contribution in [1.82, 2.24) is 15.5 Å². The van der Waals surface area contributed by atoms with Crippen LogP contribution in [0.5, 0.6) is 0 Å². The highest BCUT2D eigenvalue weighted by Gasteiger charge is 2.21. The van der Waals surface area contributed by atoms with Gasteiger partial charge in [-0.25, -0.2) is 8.78 Å². The average molecular weight is 251 g/mol. The van der Waals surface area contributed by atoms with Gasteiger partial charge in [0.15, 0.2) is 17.5 Å². The van der Waals surface area contributed by atoms with Crippen LogP contribution in [-0.2, 0) is 6.54 Å². The van der Waals surface area contributed by atoms with Crippen molar-refractivity contribution in [2.24, 2.45) is 0 Å². The van der Waals surface area contributed by atoms with Gasteiger partial charge in [0.05, 0.1) is 6.54 Å². The number of benzene rings is 1. The van der Waals surface area contributed by atoms with E-state index in [2.05, 4.69) is 15.5 Å². The second-order valence-electron chi connectivity index (χ2n) is 4.30. The van der Waals surface area contributed by atoms with E-state index < -0.39 is 11.6 Å². The van der Waals surface area contributed by atoms with Crippen LogP contribution in [0, 0.1) is 11.6 Å². The van der Waals surface area contributed by atoms with Gasteiger partial charge in [0.25, 0.3) is 5.89 Å². The van der Waals surface area contributed by atoms with Crippen molar-refractivity contribution >= 4 is 0 Å². The Hall–Kier alpha value is -1.82. The van der Waals surface area contributed by atoms with Crippen molar-refractivity contribution in [1.29, 1.82) is 0 Å². The average Bonchev–Trinajstić information content (AvgIpc) is 3.08. The molecule has 1 heterocycles. The molecule has 1 aromatic carbocycles. The van der Waals surface area contributed by atoms with Crippen molar-refractivity contribution in [3.05, 3.63) is 35.7 Å². The molecule has 0 bridgehead atoms. The molecule has 4 nitrogen and oxygen atoms in total. The molecule has 3 rings (SSSR count). The van der Waals surface area contributed by atoms with Gasteiger partial charge in [0, 0.05) is 11.6 Å². The molecular formula is C12H11F2N3O. The molecule has 18 heavy (non-hydrogen) atoms. The first-order valence-electron chi connectivity index (χ1n) is 5.74. The molecule has 0 radical (unpaired) electrons. The van der Waals surface area contributed by atoms with E-state index in [0.29, 0.717) is 24.0 Å². The van der Waals surface area contributed by atoms with Crippen LogP contribution in [0.3, 0.4) is 0 Å². The Balaban J connectivity index is 1.76. The molecule has 2 aromatic rings. The van der Waals surface area contributed by atoms with Gasteiger partial charge in [-0.15, -0.1) is 0 Å². The van der Waals surface area contributed by atoms with E-state index in [0.717, 1.165) is 12.1 Å². The summed E-state index contributed by atoms with van der Waals surface area (Å²) in [4.78, 5) is 4.12. The third kappa shape index (κ3) is 2.38. The van der Waals surface area contributed by atoms with E-state index >= 15 is 0 Å². The normalized spacial score (nSPS) is 15.0. The highest BCUT2D eigenvalue weighted by molar-refractivity contribution is 5.52. The minimum absolute atomic E-state index is 0.196. The fourth-order valence-electron chi connectivity index (χ4n) is 1.60. The van der Waals surface area contributed by atoms with Crippen LogP contribution < -0.4 is 5.32 Å².